The van der Waals surface area contributed by atoms with Crippen LogP contribution in [0.15, 0.2) is 59.1 Å². The van der Waals surface area contributed by atoms with Gasteiger partial charge in [-0.05, 0) is 36.1 Å². The van der Waals surface area contributed by atoms with E-state index in [-0.39, 0.29) is 29.1 Å². The number of nitrogen functional groups attached to an aromatic ring is 1. The molecule has 0 saturated heterocycles. The van der Waals surface area contributed by atoms with Gasteiger partial charge in [-0.1, -0.05) is 53.7 Å². The lowest BCUT2D eigenvalue weighted by Crippen LogP contribution is -2.34. The maximum atomic E-state index is 13.0. The van der Waals surface area contributed by atoms with Gasteiger partial charge in [-0.15, -0.1) is 11.3 Å². The Morgan fingerprint density at radius 1 is 1.11 bits per heavy atom. The highest BCUT2D eigenvalue weighted by Crippen LogP contribution is 2.44. The topological polar surface area (TPSA) is 141 Å². The molecule has 0 bridgehead atoms. The van der Waals surface area contributed by atoms with Gasteiger partial charge in [0.05, 0.1) is 0 Å². The number of aliphatic carboxylic acids is 1. The minimum Gasteiger partial charge on any atom is -0.478 e. The van der Waals surface area contributed by atoms with Crippen LogP contribution in [-0.2, 0) is 24.0 Å². The smallest absolute Gasteiger partial charge is 0.446 e. The number of nitrogens with two attached hydrogens (primary N) is 1. The molecule has 1 heterocycles. The van der Waals surface area contributed by atoms with E-state index in [2.05, 4.69) is 10.1 Å². The number of carboxylic acids is 1. The van der Waals surface area contributed by atoms with E-state index in [9.17, 15) is 27.9 Å². The Morgan fingerprint density at radius 2 is 1.63 bits per heavy atom. The van der Waals surface area contributed by atoms with Gasteiger partial charge in [0.15, 0.2) is 5.13 Å². The van der Waals surface area contributed by atoms with Gasteiger partial charge in [0.2, 0.25) is 17.6 Å². The molecule has 0 aliphatic heterocycles. The van der Waals surface area contributed by atoms with Crippen molar-refractivity contribution in [3.05, 3.63) is 70.7 Å². The second-order valence-electron chi connectivity index (χ2n) is 8.40. The number of carboxylic acid groups (broad SMARTS) is 1. The Morgan fingerprint density at radius 3 is 2.08 bits per heavy atom. The molecule has 1 aliphatic rings. The Kier molecular flexibility index (Phi) is 8.51. The average Bonchev–Trinajstić information content (AvgIpc) is 3.44. The zero-order valence-electron chi connectivity index (χ0n) is 20.1. The van der Waals surface area contributed by atoms with Crippen molar-refractivity contribution in [1.29, 1.82) is 0 Å². The Bertz CT molecular complexity index is 1320. The third kappa shape index (κ3) is 6.73. The number of halogens is 3. The Labute approximate surface area is 218 Å². The number of carbonyl (C=O) groups excluding carboxylic acids is 2. The van der Waals surface area contributed by atoms with Crippen molar-refractivity contribution in [2.75, 3.05) is 12.3 Å². The number of hydrogen-bond donors (Lipinski definition) is 2. The number of aromatic nitrogens is 1. The van der Waals surface area contributed by atoms with Crippen molar-refractivity contribution in [3.8, 4) is 11.1 Å². The largest absolute Gasteiger partial charge is 0.478 e. The molecule has 1 aliphatic carbocycles. The van der Waals surface area contributed by atoms with Crippen LogP contribution in [0.1, 0.15) is 36.6 Å². The molecule has 0 unspecified atom stereocenters. The molecule has 0 fully saturated rings. The number of ether oxygens (including phenoxy) is 1. The van der Waals surface area contributed by atoms with Crippen LogP contribution in [0.5, 0.6) is 0 Å². The highest BCUT2D eigenvalue weighted by molar-refractivity contribution is 7.13. The SMILES string of the molecule is CC(C)(O/N=C(/C(=O)OCC1c2ccccc2-c2ccccc21)c1csc(N)n1)C(=O)O.O=CC(F)(F)F. The van der Waals surface area contributed by atoms with Crippen LogP contribution in [0, 0.1) is 0 Å². The lowest BCUT2D eigenvalue weighted by Gasteiger charge is -2.17. The van der Waals surface area contributed by atoms with Gasteiger partial charge >= 0.3 is 18.1 Å². The summed E-state index contributed by atoms with van der Waals surface area (Å²) in [6, 6.07) is 16.0. The van der Waals surface area contributed by atoms with Crippen LogP contribution < -0.4 is 5.73 Å². The first-order valence-corrected chi connectivity index (χ1v) is 11.8. The first kappa shape index (κ1) is 28.3. The molecule has 38 heavy (non-hydrogen) atoms. The number of rotatable bonds is 7. The van der Waals surface area contributed by atoms with Crippen LogP contribution in [-0.4, -0.2) is 52.4 Å². The maximum Gasteiger partial charge on any atom is 0.446 e. The van der Waals surface area contributed by atoms with Gasteiger partial charge in [0.25, 0.3) is 0 Å². The molecule has 9 nitrogen and oxygen atoms in total. The lowest BCUT2D eigenvalue weighted by atomic mass is 9.98. The number of aldehydes is 1. The number of oxime groups is 1. The maximum absolute atomic E-state index is 13.0. The fraction of sp³-hybridized carbons (Fsp3) is 0.240. The highest BCUT2D eigenvalue weighted by Gasteiger charge is 2.33. The summed E-state index contributed by atoms with van der Waals surface area (Å²) < 4.78 is 36.9. The number of benzene rings is 2. The first-order valence-electron chi connectivity index (χ1n) is 10.9. The number of esters is 1. The van der Waals surface area contributed by atoms with E-state index >= 15 is 0 Å². The average molecular weight is 550 g/mol. The van der Waals surface area contributed by atoms with E-state index in [0.717, 1.165) is 33.6 Å². The molecule has 200 valence electrons. The third-order valence-electron chi connectivity index (χ3n) is 5.32. The van der Waals surface area contributed by atoms with Gasteiger partial charge in [-0.3, -0.25) is 4.79 Å². The Hall–Kier alpha value is -4.26. The zero-order valence-corrected chi connectivity index (χ0v) is 20.9. The van der Waals surface area contributed by atoms with Crippen LogP contribution in [0.25, 0.3) is 11.1 Å². The molecule has 2 aromatic carbocycles. The number of hydrogen-bond acceptors (Lipinski definition) is 9. The summed E-state index contributed by atoms with van der Waals surface area (Å²) >= 11 is 1.12. The van der Waals surface area contributed by atoms with Gasteiger partial charge in [-0.2, -0.15) is 13.2 Å². The minimum absolute atomic E-state index is 0.0772. The predicted molar refractivity (Wildman–Crippen MR) is 133 cm³/mol. The number of alkyl halides is 3. The zero-order chi connectivity index (χ0) is 28.1. The first-order chi connectivity index (χ1) is 17.8. The molecule has 0 spiro atoms. The van der Waals surface area contributed by atoms with Crippen molar-refractivity contribution in [2.24, 2.45) is 5.16 Å². The second kappa shape index (κ2) is 11.4. The van der Waals surface area contributed by atoms with E-state index in [0.29, 0.717) is 0 Å². The number of fused-ring (bicyclic) bond motifs is 3. The summed E-state index contributed by atoms with van der Waals surface area (Å²) in [7, 11) is 0. The molecule has 3 N–H and O–H groups in total. The van der Waals surface area contributed by atoms with Crippen molar-refractivity contribution >= 4 is 40.4 Å². The highest BCUT2D eigenvalue weighted by atomic mass is 32.1. The van der Waals surface area contributed by atoms with Crippen LogP contribution in [0.2, 0.25) is 0 Å². The van der Waals surface area contributed by atoms with Crippen LogP contribution in [0.4, 0.5) is 18.3 Å². The fourth-order valence-electron chi connectivity index (χ4n) is 3.45. The molecule has 0 saturated carbocycles. The molecule has 3 aromatic rings. The van der Waals surface area contributed by atoms with Crippen LogP contribution >= 0.6 is 11.3 Å². The van der Waals surface area contributed by atoms with E-state index in [1.54, 1.807) is 0 Å². The molecular weight excluding hydrogens is 527 g/mol. The standard InChI is InChI=1S/C23H21N3O5S.C2HF3O/c1-23(2,21(28)29)31-26-19(18-12-32-22(24)25-18)20(27)30-11-17-15-9-5-3-7-13(15)14-8-4-6-10-16(14)17;3-2(4,5)1-6/h3-10,12,17H,11H2,1-2H3,(H2,24,25)(H,28,29);1H/b26-19+;. The normalized spacial score (nSPS) is 13.0. The summed E-state index contributed by atoms with van der Waals surface area (Å²) in [5.41, 5.74) is 8.32. The minimum atomic E-state index is -4.64. The Balaban J connectivity index is 0.000000599. The summed E-state index contributed by atoms with van der Waals surface area (Å²) in [5, 5.41) is 14.8. The fourth-order valence-corrected chi connectivity index (χ4v) is 4.00. The van der Waals surface area contributed by atoms with Crippen molar-refractivity contribution in [1.82, 2.24) is 4.98 Å². The molecule has 0 atom stereocenters. The number of carbonyl (C=O) groups is 3. The third-order valence-corrected chi connectivity index (χ3v) is 5.99. The van der Waals surface area contributed by atoms with Crippen molar-refractivity contribution in [3.63, 3.8) is 0 Å². The molecule has 4 rings (SSSR count). The summed E-state index contributed by atoms with van der Waals surface area (Å²) in [4.78, 5) is 42.2. The van der Waals surface area contributed by atoms with E-state index < -0.39 is 30.0 Å². The lowest BCUT2D eigenvalue weighted by molar-refractivity contribution is -0.161. The summed E-state index contributed by atoms with van der Waals surface area (Å²) in [5.74, 6) is -2.14. The summed E-state index contributed by atoms with van der Waals surface area (Å²) in [6.07, 6.45) is -5.70. The molecule has 1 aromatic heterocycles. The summed E-state index contributed by atoms with van der Waals surface area (Å²) in [6.45, 7) is 2.72. The quantitative estimate of drug-likeness (QED) is 0.191. The van der Waals surface area contributed by atoms with E-state index in [1.165, 1.54) is 19.2 Å². The number of thiazole rings is 1. The molecule has 13 heteroatoms. The monoisotopic (exact) mass is 549 g/mol. The van der Waals surface area contributed by atoms with Crippen molar-refractivity contribution < 1.29 is 42.2 Å². The van der Waals surface area contributed by atoms with Crippen molar-refractivity contribution in [2.45, 2.75) is 31.5 Å². The van der Waals surface area contributed by atoms with Gasteiger partial charge in [0, 0.05) is 11.3 Å². The molecule has 0 radical (unpaired) electrons. The number of anilines is 1. The molecule has 0 amide bonds. The van der Waals surface area contributed by atoms with Crippen LogP contribution in [0.3, 0.4) is 0 Å². The predicted octanol–water partition coefficient (Wildman–Crippen LogP) is 4.41. The van der Waals surface area contributed by atoms with E-state index in [4.69, 9.17) is 20.1 Å². The number of nitrogens with zero attached hydrogens (tertiary/aromatic N) is 2. The molecular formula is C25H22F3N3O6S. The second-order valence-corrected chi connectivity index (χ2v) is 9.29. The van der Waals surface area contributed by atoms with Gasteiger partial charge in [0.1, 0.15) is 12.3 Å². The van der Waals surface area contributed by atoms with Gasteiger partial charge in [-0.25, -0.2) is 14.6 Å². The van der Waals surface area contributed by atoms with E-state index in [1.807, 2.05) is 48.5 Å². The van der Waals surface area contributed by atoms with Gasteiger partial charge < -0.3 is 20.4 Å².